The molecule has 1 saturated heterocycles. The summed E-state index contributed by atoms with van der Waals surface area (Å²) in [5.41, 5.74) is 0.397. The topological polar surface area (TPSA) is 18.5 Å². The highest BCUT2D eigenvalue weighted by atomic mass is 79.9. The Morgan fingerprint density at radius 2 is 2.08 bits per heavy atom. The summed E-state index contributed by atoms with van der Waals surface area (Å²) in [6.45, 7) is 4.93. The van der Waals surface area contributed by atoms with Crippen molar-refractivity contribution in [2.45, 2.75) is 19.8 Å². The van der Waals surface area contributed by atoms with Crippen LogP contribution in [0.4, 0.5) is 0 Å². The van der Waals surface area contributed by atoms with Gasteiger partial charge in [0, 0.05) is 32.3 Å². The maximum atomic E-state index is 5.39. The minimum Gasteiger partial charge on any atom is -0.384 e. The molecule has 13 heavy (non-hydrogen) atoms. The zero-order valence-electron chi connectivity index (χ0n) is 8.51. The van der Waals surface area contributed by atoms with Crippen LogP contribution in [-0.2, 0) is 9.47 Å². The van der Waals surface area contributed by atoms with Crippen molar-refractivity contribution in [3.05, 3.63) is 0 Å². The quantitative estimate of drug-likeness (QED) is 0.714. The molecule has 1 atom stereocenters. The fraction of sp³-hybridized carbons (Fsp3) is 1.00. The molecule has 0 bridgehead atoms. The summed E-state index contributed by atoms with van der Waals surface area (Å²) in [6, 6.07) is 0. The Morgan fingerprint density at radius 3 is 2.54 bits per heavy atom. The minimum absolute atomic E-state index is 0.397. The average molecular weight is 251 g/mol. The SMILES string of the molecule is COCC(C)C1(CBr)CCOCC1. The summed E-state index contributed by atoms with van der Waals surface area (Å²) in [6.07, 6.45) is 2.31. The van der Waals surface area contributed by atoms with E-state index in [4.69, 9.17) is 9.47 Å². The van der Waals surface area contributed by atoms with Gasteiger partial charge in [-0.15, -0.1) is 0 Å². The third-order valence-corrected chi connectivity index (χ3v) is 4.33. The van der Waals surface area contributed by atoms with Gasteiger partial charge in [-0.2, -0.15) is 0 Å². The van der Waals surface area contributed by atoms with Crippen LogP contribution in [0.5, 0.6) is 0 Å². The number of alkyl halides is 1. The third kappa shape index (κ3) is 2.67. The van der Waals surface area contributed by atoms with Crippen LogP contribution < -0.4 is 0 Å². The maximum Gasteiger partial charge on any atom is 0.0493 e. The summed E-state index contributed by atoms with van der Waals surface area (Å²) in [5.74, 6) is 0.612. The lowest BCUT2D eigenvalue weighted by molar-refractivity contribution is -0.0199. The number of halogens is 1. The van der Waals surface area contributed by atoms with E-state index in [2.05, 4.69) is 22.9 Å². The van der Waals surface area contributed by atoms with E-state index in [0.29, 0.717) is 11.3 Å². The number of hydrogen-bond acceptors (Lipinski definition) is 2. The third-order valence-electron chi connectivity index (χ3n) is 3.22. The molecular weight excluding hydrogens is 232 g/mol. The molecule has 1 aliphatic heterocycles. The van der Waals surface area contributed by atoms with Gasteiger partial charge in [0.2, 0.25) is 0 Å². The van der Waals surface area contributed by atoms with Crippen molar-refractivity contribution in [1.82, 2.24) is 0 Å². The number of ether oxygens (including phenoxy) is 2. The number of rotatable bonds is 4. The highest BCUT2D eigenvalue weighted by Crippen LogP contribution is 2.39. The number of methoxy groups -OCH3 is 1. The van der Waals surface area contributed by atoms with E-state index in [0.717, 1.165) is 38.0 Å². The van der Waals surface area contributed by atoms with Crippen LogP contribution in [0.2, 0.25) is 0 Å². The molecule has 0 N–H and O–H groups in total. The molecule has 78 valence electrons. The second kappa shape index (κ2) is 5.32. The second-order valence-electron chi connectivity index (χ2n) is 3.96. The fourth-order valence-electron chi connectivity index (χ4n) is 1.96. The van der Waals surface area contributed by atoms with E-state index in [1.54, 1.807) is 7.11 Å². The van der Waals surface area contributed by atoms with Gasteiger partial charge in [-0.25, -0.2) is 0 Å². The van der Waals surface area contributed by atoms with Crippen LogP contribution in [0.3, 0.4) is 0 Å². The molecule has 1 heterocycles. The molecule has 0 spiro atoms. The molecule has 0 radical (unpaired) electrons. The van der Waals surface area contributed by atoms with Crippen molar-refractivity contribution in [2.75, 3.05) is 32.3 Å². The van der Waals surface area contributed by atoms with E-state index < -0.39 is 0 Å². The summed E-state index contributed by atoms with van der Waals surface area (Å²) < 4.78 is 10.6. The molecule has 1 unspecified atom stereocenters. The van der Waals surface area contributed by atoms with Crippen molar-refractivity contribution >= 4 is 15.9 Å². The van der Waals surface area contributed by atoms with E-state index >= 15 is 0 Å². The summed E-state index contributed by atoms with van der Waals surface area (Å²) in [5, 5.41) is 1.06. The van der Waals surface area contributed by atoms with Crippen LogP contribution >= 0.6 is 15.9 Å². The lowest BCUT2D eigenvalue weighted by Gasteiger charge is -2.40. The molecule has 2 nitrogen and oxygen atoms in total. The van der Waals surface area contributed by atoms with Gasteiger partial charge in [-0.05, 0) is 24.2 Å². The normalized spacial score (nSPS) is 24.2. The van der Waals surface area contributed by atoms with Gasteiger partial charge in [0.25, 0.3) is 0 Å². The Balaban J connectivity index is 2.55. The number of hydrogen-bond donors (Lipinski definition) is 0. The summed E-state index contributed by atoms with van der Waals surface area (Å²) in [7, 11) is 1.78. The molecule has 1 fully saturated rings. The Kier molecular flexibility index (Phi) is 4.70. The molecule has 1 aliphatic rings. The van der Waals surface area contributed by atoms with E-state index in [-0.39, 0.29) is 0 Å². The van der Waals surface area contributed by atoms with Gasteiger partial charge < -0.3 is 9.47 Å². The second-order valence-corrected chi connectivity index (χ2v) is 4.53. The largest absolute Gasteiger partial charge is 0.384 e. The Morgan fingerprint density at radius 1 is 1.46 bits per heavy atom. The first-order chi connectivity index (χ1) is 6.25. The van der Waals surface area contributed by atoms with Crippen molar-refractivity contribution < 1.29 is 9.47 Å². The predicted octanol–water partition coefficient (Wildman–Crippen LogP) is 2.46. The van der Waals surface area contributed by atoms with Crippen molar-refractivity contribution in [3.8, 4) is 0 Å². The van der Waals surface area contributed by atoms with Crippen LogP contribution in [0.15, 0.2) is 0 Å². The lowest BCUT2D eigenvalue weighted by atomic mass is 9.72. The Hall–Kier alpha value is 0.400. The molecular formula is C10H19BrO2. The first-order valence-corrected chi connectivity index (χ1v) is 6.00. The monoisotopic (exact) mass is 250 g/mol. The van der Waals surface area contributed by atoms with Crippen LogP contribution in [0.1, 0.15) is 19.8 Å². The minimum atomic E-state index is 0.397. The maximum absolute atomic E-state index is 5.39. The van der Waals surface area contributed by atoms with Crippen LogP contribution in [0.25, 0.3) is 0 Å². The molecule has 0 aromatic rings. The highest BCUT2D eigenvalue weighted by molar-refractivity contribution is 9.09. The first kappa shape index (κ1) is 11.5. The zero-order valence-corrected chi connectivity index (χ0v) is 10.1. The molecule has 0 aliphatic carbocycles. The van der Waals surface area contributed by atoms with Crippen LogP contribution in [-0.4, -0.2) is 32.3 Å². The summed E-state index contributed by atoms with van der Waals surface area (Å²) >= 11 is 3.63. The Bertz CT molecular complexity index is 144. The van der Waals surface area contributed by atoms with Crippen LogP contribution in [0, 0.1) is 11.3 Å². The molecule has 0 amide bonds. The standard InChI is InChI=1S/C10H19BrO2/c1-9(7-12-2)10(8-11)3-5-13-6-4-10/h9H,3-8H2,1-2H3. The van der Waals surface area contributed by atoms with Crippen molar-refractivity contribution in [2.24, 2.45) is 11.3 Å². The van der Waals surface area contributed by atoms with Crippen molar-refractivity contribution in [1.29, 1.82) is 0 Å². The first-order valence-electron chi connectivity index (χ1n) is 4.88. The van der Waals surface area contributed by atoms with Gasteiger partial charge in [0.1, 0.15) is 0 Å². The molecule has 0 aromatic carbocycles. The van der Waals surface area contributed by atoms with E-state index in [9.17, 15) is 0 Å². The van der Waals surface area contributed by atoms with E-state index in [1.807, 2.05) is 0 Å². The van der Waals surface area contributed by atoms with Gasteiger partial charge in [0.05, 0.1) is 0 Å². The fourth-order valence-corrected chi connectivity index (χ4v) is 3.08. The van der Waals surface area contributed by atoms with Gasteiger partial charge in [-0.3, -0.25) is 0 Å². The van der Waals surface area contributed by atoms with Gasteiger partial charge in [0.15, 0.2) is 0 Å². The van der Waals surface area contributed by atoms with Gasteiger partial charge in [-0.1, -0.05) is 22.9 Å². The van der Waals surface area contributed by atoms with Gasteiger partial charge >= 0.3 is 0 Å². The molecule has 1 rings (SSSR count). The Labute approximate surface area is 89.1 Å². The molecule has 3 heteroatoms. The highest BCUT2D eigenvalue weighted by Gasteiger charge is 2.36. The smallest absolute Gasteiger partial charge is 0.0493 e. The van der Waals surface area contributed by atoms with Crippen molar-refractivity contribution in [3.63, 3.8) is 0 Å². The molecule has 0 aromatic heterocycles. The zero-order chi connectivity index (χ0) is 9.73. The summed E-state index contributed by atoms with van der Waals surface area (Å²) in [4.78, 5) is 0. The predicted molar refractivity (Wildman–Crippen MR) is 57.3 cm³/mol. The molecule has 0 saturated carbocycles. The lowest BCUT2D eigenvalue weighted by Crippen LogP contribution is -2.38. The average Bonchev–Trinajstić information content (AvgIpc) is 2.19. The van der Waals surface area contributed by atoms with E-state index in [1.165, 1.54) is 0 Å².